The molecule has 0 atom stereocenters. The van der Waals surface area contributed by atoms with E-state index in [-0.39, 0.29) is 12.4 Å². The molecule has 0 saturated heterocycles. The van der Waals surface area contributed by atoms with Crippen LogP contribution in [0.4, 0.5) is 5.69 Å². The summed E-state index contributed by atoms with van der Waals surface area (Å²) in [5, 5.41) is 4.47. The van der Waals surface area contributed by atoms with Crippen LogP contribution in [0.25, 0.3) is 16.3 Å². The molecule has 1 N–H and O–H groups in total. The summed E-state index contributed by atoms with van der Waals surface area (Å²) in [6.45, 7) is 0. The number of benzene rings is 2. The predicted octanol–water partition coefficient (Wildman–Crippen LogP) is 4.79. The van der Waals surface area contributed by atoms with Crippen LogP contribution in [-0.2, 0) is 7.05 Å². The highest BCUT2D eigenvalue weighted by molar-refractivity contribution is 7.18. The van der Waals surface area contributed by atoms with Crippen LogP contribution in [0.1, 0.15) is 5.01 Å². The minimum Gasteiger partial charge on any atom is -0.362 e. The van der Waals surface area contributed by atoms with E-state index in [2.05, 4.69) is 53.3 Å². The average molecular weight is 330 g/mol. The SMILES string of the molecule is C[n+]1c(/C=C/C=C/Nc2ccccc2)sc2ccccc21.Cl. The van der Waals surface area contributed by atoms with Crippen LogP contribution in [0.2, 0.25) is 0 Å². The first kappa shape index (κ1) is 16.3. The number of fused-ring (bicyclic) bond motifs is 1. The topological polar surface area (TPSA) is 15.9 Å². The minimum atomic E-state index is 0. The molecule has 3 aromatic rings. The van der Waals surface area contributed by atoms with Gasteiger partial charge in [0, 0.05) is 24.0 Å². The van der Waals surface area contributed by atoms with E-state index in [0.717, 1.165) is 5.69 Å². The summed E-state index contributed by atoms with van der Waals surface area (Å²) < 4.78 is 3.53. The van der Waals surface area contributed by atoms with Crippen LogP contribution in [0.15, 0.2) is 72.9 Å². The van der Waals surface area contributed by atoms with Crippen molar-refractivity contribution in [1.82, 2.24) is 0 Å². The first-order chi connectivity index (χ1) is 10.3. The number of anilines is 1. The Morgan fingerprint density at radius 3 is 2.45 bits per heavy atom. The second-order valence-electron chi connectivity index (χ2n) is 4.70. The molecule has 2 nitrogen and oxygen atoms in total. The van der Waals surface area contributed by atoms with Crippen LogP contribution in [0.5, 0.6) is 0 Å². The zero-order chi connectivity index (χ0) is 14.5. The standard InChI is InChI=1S/C18H16N2S.ClH/c1-20-16-11-5-6-12-17(16)21-18(20)13-7-8-14-19-15-9-3-2-4-10-15;/h2-14H,1H3;1H/p+1. The van der Waals surface area contributed by atoms with Gasteiger partial charge in [-0.25, -0.2) is 0 Å². The summed E-state index contributed by atoms with van der Waals surface area (Å²) in [5.74, 6) is 0. The van der Waals surface area contributed by atoms with Gasteiger partial charge in [0.05, 0.1) is 0 Å². The van der Waals surface area contributed by atoms with Crippen LogP contribution >= 0.6 is 23.7 Å². The molecular formula is C18H18ClN2S+. The molecule has 0 saturated carbocycles. The molecule has 0 unspecified atom stereocenters. The fraction of sp³-hybridized carbons (Fsp3) is 0.0556. The highest BCUT2D eigenvalue weighted by Crippen LogP contribution is 2.20. The van der Waals surface area contributed by atoms with E-state index in [1.807, 2.05) is 42.6 Å². The molecule has 0 aliphatic rings. The first-order valence-electron chi connectivity index (χ1n) is 6.87. The molecular weight excluding hydrogens is 312 g/mol. The number of para-hydroxylation sites is 2. The van der Waals surface area contributed by atoms with Crippen molar-refractivity contribution in [3.05, 3.63) is 78.0 Å². The quantitative estimate of drug-likeness (QED) is 0.537. The zero-order valence-electron chi connectivity index (χ0n) is 12.3. The third-order valence-electron chi connectivity index (χ3n) is 3.24. The Balaban J connectivity index is 0.00000176. The Bertz CT molecular complexity index is 791. The smallest absolute Gasteiger partial charge is 0.262 e. The lowest BCUT2D eigenvalue weighted by Crippen LogP contribution is -2.28. The van der Waals surface area contributed by atoms with E-state index in [0.29, 0.717) is 0 Å². The van der Waals surface area contributed by atoms with Gasteiger partial charge in [-0.15, -0.1) is 12.4 Å². The second-order valence-corrected chi connectivity index (χ2v) is 5.76. The van der Waals surface area contributed by atoms with Crippen molar-refractivity contribution in [1.29, 1.82) is 0 Å². The monoisotopic (exact) mass is 329 g/mol. The summed E-state index contributed by atoms with van der Waals surface area (Å²) in [6, 6.07) is 18.6. The van der Waals surface area contributed by atoms with Crippen LogP contribution in [-0.4, -0.2) is 0 Å². The second kappa shape index (κ2) is 7.78. The number of hydrogen-bond acceptors (Lipinski definition) is 2. The molecule has 1 heterocycles. The third kappa shape index (κ3) is 3.75. The number of aryl methyl sites for hydroxylation is 1. The van der Waals surface area contributed by atoms with Crippen LogP contribution < -0.4 is 9.88 Å². The van der Waals surface area contributed by atoms with Gasteiger partial charge >= 0.3 is 0 Å². The maximum Gasteiger partial charge on any atom is 0.262 e. The lowest BCUT2D eigenvalue weighted by atomic mass is 10.3. The van der Waals surface area contributed by atoms with Crippen molar-refractivity contribution in [2.45, 2.75) is 0 Å². The fourth-order valence-corrected chi connectivity index (χ4v) is 3.20. The molecule has 1 aromatic heterocycles. The number of nitrogens with zero attached hydrogens (tertiary/aromatic N) is 1. The van der Waals surface area contributed by atoms with Crippen molar-refractivity contribution < 1.29 is 4.57 Å². The molecule has 112 valence electrons. The van der Waals surface area contributed by atoms with E-state index >= 15 is 0 Å². The largest absolute Gasteiger partial charge is 0.362 e. The fourth-order valence-electron chi connectivity index (χ4n) is 2.14. The van der Waals surface area contributed by atoms with Crippen LogP contribution in [0, 0.1) is 0 Å². The van der Waals surface area contributed by atoms with Crippen LogP contribution in [0.3, 0.4) is 0 Å². The average Bonchev–Trinajstić information content (AvgIpc) is 2.85. The number of hydrogen-bond donors (Lipinski definition) is 1. The van der Waals surface area contributed by atoms with Gasteiger partial charge in [-0.05, 0) is 24.3 Å². The van der Waals surface area contributed by atoms with Crippen molar-refractivity contribution >= 4 is 45.7 Å². The molecule has 22 heavy (non-hydrogen) atoms. The number of thiazole rings is 1. The van der Waals surface area contributed by atoms with Gasteiger partial charge in [0.2, 0.25) is 5.52 Å². The van der Waals surface area contributed by atoms with Gasteiger partial charge in [-0.2, -0.15) is 4.57 Å². The Hall–Kier alpha value is -2.10. The number of aromatic nitrogens is 1. The normalized spacial score (nSPS) is 11.1. The molecule has 0 radical (unpaired) electrons. The van der Waals surface area contributed by atoms with Gasteiger partial charge in [0.1, 0.15) is 11.7 Å². The van der Waals surface area contributed by atoms with Gasteiger partial charge in [0.15, 0.2) is 0 Å². The molecule has 4 heteroatoms. The molecule has 3 rings (SSSR count). The van der Waals surface area contributed by atoms with E-state index in [4.69, 9.17) is 0 Å². The lowest BCUT2D eigenvalue weighted by Gasteiger charge is -1.97. The van der Waals surface area contributed by atoms with Gasteiger partial charge in [-0.3, -0.25) is 0 Å². The van der Waals surface area contributed by atoms with E-state index in [1.165, 1.54) is 15.2 Å². The molecule has 0 bridgehead atoms. The van der Waals surface area contributed by atoms with Crippen molar-refractivity contribution in [2.75, 3.05) is 5.32 Å². The minimum absolute atomic E-state index is 0. The third-order valence-corrected chi connectivity index (χ3v) is 4.43. The highest BCUT2D eigenvalue weighted by atomic mass is 35.5. The Labute approximate surface area is 140 Å². The Kier molecular flexibility index (Phi) is 5.75. The number of halogens is 1. The predicted molar refractivity (Wildman–Crippen MR) is 98.5 cm³/mol. The molecule has 2 aromatic carbocycles. The summed E-state index contributed by atoms with van der Waals surface area (Å²) in [5.41, 5.74) is 2.36. The van der Waals surface area contributed by atoms with Gasteiger partial charge in [-0.1, -0.05) is 47.7 Å². The zero-order valence-corrected chi connectivity index (χ0v) is 13.9. The van der Waals surface area contributed by atoms with E-state index in [9.17, 15) is 0 Å². The number of rotatable bonds is 4. The van der Waals surface area contributed by atoms with Gasteiger partial charge in [0.25, 0.3) is 5.01 Å². The van der Waals surface area contributed by atoms with E-state index < -0.39 is 0 Å². The Morgan fingerprint density at radius 1 is 0.955 bits per heavy atom. The number of nitrogens with one attached hydrogen (secondary N) is 1. The number of allylic oxidation sites excluding steroid dienone is 2. The molecule has 0 fully saturated rings. The molecule has 0 spiro atoms. The maximum atomic E-state index is 3.24. The summed E-state index contributed by atoms with van der Waals surface area (Å²) >= 11 is 1.80. The lowest BCUT2D eigenvalue weighted by molar-refractivity contribution is -0.642. The first-order valence-corrected chi connectivity index (χ1v) is 7.68. The highest BCUT2D eigenvalue weighted by Gasteiger charge is 2.12. The molecule has 0 amide bonds. The Morgan fingerprint density at radius 2 is 1.68 bits per heavy atom. The molecule has 0 aliphatic carbocycles. The molecule has 0 aliphatic heterocycles. The van der Waals surface area contributed by atoms with Crippen molar-refractivity contribution in [3.8, 4) is 0 Å². The maximum absolute atomic E-state index is 3.24. The van der Waals surface area contributed by atoms with Crippen molar-refractivity contribution in [2.24, 2.45) is 7.05 Å². The van der Waals surface area contributed by atoms with Gasteiger partial charge < -0.3 is 5.32 Å². The van der Waals surface area contributed by atoms with E-state index in [1.54, 1.807) is 11.3 Å². The summed E-state index contributed by atoms with van der Waals surface area (Å²) in [7, 11) is 2.10. The summed E-state index contributed by atoms with van der Waals surface area (Å²) in [6.07, 6.45) is 8.14. The van der Waals surface area contributed by atoms with Crippen molar-refractivity contribution in [3.63, 3.8) is 0 Å². The summed E-state index contributed by atoms with van der Waals surface area (Å²) in [4.78, 5) is 0.